The summed E-state index contributed by atoms with van der Waals surface area (Å²) < 4.78 is 1.78. The smallest absolute Gasteiger partial charge is 0.270 e. The Kier molecular flexibility index (Phi) is 5.61. The second-order valence-electron chi connectivity index (χ2n) is 5.30. The number of nitrogens with two attached hydrogens (primary N) is 1. The maximum atomic E-state index is 12.3. The van der Waals surface area contributed by atoms with Gasteiger partial charge in [-0.3, -0.25) is 9.59 Å². The first-order chi connectivity index (χ1) is 9.35. The van der Waals surface area contributed by atoms with Crippen molar-refractivity contribution in [1.82, 2.24) is 14.8 Å². The Balaban J connectivity index is 2.64. The van der Waals surface area contributed by atoms with E-state index >= 15 is 0 Å². The molecular weight excluding hydrogens is 256 g/mol. The third-order valence-corrected chi connectivity index (χ3v) is 2.91. The molecule has 0 spiro atoms. The Bertz CT molecular complexity index is 480. The first-order valence-corrected chi connectivity index (χ1v) is 6.83. The molecule has 0 aliphatic rings. The van der Waals surface area contributed by atoms with Crippen molar-refractivity contribution in [3.05, 3.63) is 18.0 Å². The van der Waals surface area contributed by atoms with Crippen LogP contribution in [0.3, 0.4) is 0 Å². The molecule has 1 heterocycles. The summed E-state index contributed by atoms with van der Waals surface area (Å²) in [6.07, 6.45) is 1.72. The van der Waals surface area contributed by atoms with Gasteiger partial charge in [-0.25, -0.2) is 0 Å². The molecule has 0 aliphatic heterocycles. The van der Waals surface area contributed by atoms with E-state index in [2.05, 4.69) is 5.32 Å². The van der Waals surface area contributed by atoms with Gasteiger partial charge in [-0.05, 0) is 18.9 Å². The number of nitrogens with one attached hydrogen (secondary N) is 1. The Hall–Kier alpha value is -1.98. The number of carbonyl (C=O) groups excluding carboxylic acids is 2. The van der Waals surface area contributed by atoms with Crippen LogP contribution in [0.4, 0.5) is 5.69 Å². The van der Waals surface area contributed by atoms with E-state index in [-0.39, 0.29) is 18.4 Å². The summed E-state index contributed by atoms with van der Waals surface area (Å²) in [5, 5.41) is 2.79. The lowest BCUT2D eigenvalue weighted by molar-refractivity contribution is -0.121. The fourth-order valence-electron chi connectivity index (χ4n) is 1.83. The Morgan fingerprint density at radius 2 is 2.10 bits per heavy atom. The third-order valence-electron chi connectivity index (χ3n) is 2.91. The number of rotatable bonds is 6. The summed E-state index contributed by atoms with van der Waals surface area (Å²) in [5.74, 6) is 0.0254. The Labute approximate surface area is 119 Å². The number of amides is 2. The molecule has 0 fully saturated rings. The average molecular weight is 280 g/mol. The molecule has 1 aromatic heterocycles. The minimum Gasteiger partial charge on any atom is -0.397 e. The number of nitrogen functional groups attached to an aromatic ring is 1. The van der Waals surface area contributed by atoms with Gasteiger partial charge in [0.2, 0.25) is 5.91 Å². The van der Waals surface area contributed by atoms with Crippen LogP contribution in [0.25, 0.3) is 0 Å². The van der Waals surface area contributed by atoms with E-state index in [1.54, 1.807) is 23.9 Å². The second kappa shape index (κ2) is 6.98. The molecule has 0 bridgehead atoms. The van der Waals surface area contributed by atoms with Crippen LogP contribution in [0, 0.1) is 5.92 Å². The van der Waals surface area contributed by atoms with Crippen LogP contribution < -0.4 is 11.1 Å². The first-order valence-electron chi connectivity index (χ1n) is 6.83. The SMILES string of the molecule is CCn1cc(N)cc1C(=O)N(C)CC(=O)NCC(C)C. The summed E-state index contributed by atoms with van der Waals surface area (Å²) in [6.45, 7) is 7.29. The van der Waals surface area contributed by atoms with Crippen LogP contribution in [0.1, 0.15) is 31.3 Å². The number of aromatic nitrogens is 1. The molecule has 112 valence electrons. The minimum absolute atomic E-state index is 0.0420. The average Bonchev–Trinajstić information content (AvgIpc) is 2.76. The number of nitrogens with zero attached hydrogens (tertiary/aromatic N) is 2. The van der Waals surface area contributed by atoms with Gasteiger partial charge in [0.15, 0.2) is 0 Å². The molecular formula is C14H24N4O2. The summed E-state index contributed by atoms with van der Waals surface area (Å²) >= 11 is 0. The van der Waals surface area contributed by atoms with E-state index in [4.69, 9.17) is 5.73 Å². The van der Waals surface area contributed by atoms with Crippen LogP contribution in [0.2, 0.25) is 0 Å². The van der Waals surface area contributed by atoms with Gasteiger partial charge in [-0.2, -0.15) is 0 Å². The summed E-state index contributed by atoms with van der Waals surface area (Å²) in [7, 11) is 1.61. The summed E-state index contributed by atoms with van der Waals surface area (Å²) in [5.41, 5.74) is 6.76. The van der Waals surface area contributed by atoms with E-state index < -0.39 is 0 Å². The van der Waals surface area contributed by atoms with E-state index in [9.17, 15) is 9.59 Å². The van der Waals surface area contributed by atoms with Crippen molar-refractivity contribution in [1.29, 1.82) is 0 Å². The molecule has 2 amide bonds. The van der Waals surface area contributed by atoms with Gasteiger partial charge in [-0.1, -0.05) is 13.8 Å². The summed E-state index contributed by atoms with van der Waals surface area (Å²) in [4.78, 5) is 25.4. The maximum absolute atomic E-state index is 12.3. The highest BCUT2D eigenvalue weighted by molar-refractivity contribution is 5.96. The van der Waals surface area contributed by atoms with Gasteiger partial charge < -0.3 is 20.5 Å². The molecule has 0 aliphatic carbocycles. The molecule has 0 radical (unpaired) electrons. The zero-order valence-corrected chi connectivity index (χ0v) is 12.6. The normalized spacial score (nSPS) is 10.7. The van der Waals surface area contributed by atoms with Crippen molar-refractivity contribution in [3.8, 4) is 0 Å². The molecule has 6 nitrogen and oxygen atoms in total. The van der Waals surface area contributed by atoms with Gasteiger partial charge in [-0.15, -0.1) is 0 Å². The highest BCUT2D eigenvalue weighted by atomic mass is 16.2. The summed E-state index contributed by atoms with van der Waals surface area (Å²) in [6, 6.07) is 1.63. The van der Waals surface area contributed by atoms with Crippen molar-refractivity contribution in [2.75, 3.05) is 25.9 Å². The highest BCUT2D eigenvalue weighted by Crippen LogP contribution is 2.12. The first kappa shape index (κ1) is 16.1. The fraction of sp³-hybridized carbons (Fsp3) is 0.571. The molecule has 0 atom stereocenters. The molecule has 0 aromatic carbocycles. The molecule has 0 saturated carbocycles. The molecule has 20 heavy (non-hydrogen) atoms. The number of likely N-dealkylation sites (N-methyl/N-ethyl adjacent to an activating group) is 1. The molecule has 1 aromatic rings. The van der Waals surface area contributed by atoms with Crippen molar-refractivity contribution in [3.63, 3.8) is 0 Å². The van der Waals surface area contributed by atoms with Crippen molar-refractivity contribution in [2.45, 2.75) is 27.3 Å². The lowest BCUT2D eigenvalue weighted by atomic mass is 10.2. The van der Waals surface area contributed by atoms with E-state index in [0.29, 0.717) is 30.4 Å². The Morgan fingerprint density at radius 1 is 1.45 bits per heavy atom. The van der Waals surface area contributed by atoms with Gasteiger partial charge in [0, 0.05) is 26.3 Å². The van der Waals surface area contributed by atoms with Crippen LogP contribution in [0.5, 0.6) is 0 Å². The van der Waals surface area contributed by atoms with E-state index in [1.807, 2.05) is 20.8 Å². The number of hydrogen-bond acceptors (Lipinski definition) is 3. The molecule has 3 N–H and O–H groups in total. The Morgan fingerprint density at radius 3 is 2.65 bits per heavy atom. The highest BCUT2D eigenvalue weighted by Gasteiger charge is 2.18. The molecule has 6 heteroatoms. The van der Waals surface area contributed by atoms with Gasteiger partial charge in [0.25, 0.3) is 5.91 Å². The number of anilines is 1. The molecule has 0 saturated heterocycles. The number of aryl methyl sites for hydroxylation is 1. The van der Waals surface area contributed by atoms with Crippen molar-refractivity contribution >= 4 is 17.5 Å². The van der Waals surface area contributed by atoms with Crippen molar-refractivity contribution < 1.29 is 9.59 Å². The quantitative estimate of drug-likeness (QED) is 0.813. The van der Waals surface area contributed by atoms with Gasteiger partial charge in [0.05, 0.1) is 12.2 Å². The number of carbonyl (C=O) groups is 2. The number of hydrogen-bond donors (Lipinski definition) is 2. The van der Waals surface area contributed by atoms with Crippen LogP contribution in [-0.4, -0.2) is 41.4 Å². The second-order valence-corrected chi connectivity index (χ2v) is 5.30. The third kappa shape index (κ3) is 4.29. The maximum Gasteiger partial charge on any atom is 0.270 e. The lowest BCUT2D eigenvalue weighted by Crippen LogP contribution is -2.40. The van der Waals surface area contributed by atoms with Crippen molar-refractivity contribution in [2.24, 2.45) is 5.92 Å². The van der Waals surface area contributed by atoms with E-state index in [0.717, 1.165) is 0 Å². The predicted molar refractivity (Wildman–Crippen MR) is 79.3 cm³/mol. The standard InChI is InChI=1S/C14H24N4O2/c1-5-18-8-11(15)6-12(18)14(20)17(4)9-13(19)16-7-10(2)3/h6,8,10H,5,7,9,15H2,1-4H3,(H,16,19). The van der Waals surface area contributed by atoms with Crippen LogP contribution in [-0.2, 0) is 11.3 Å². The lowest BCUT2D eigenvalue weighted by Gasteiger charge is -2.18. The predicted octanol–water partition coefficient (Wildman–Crippen LogP) is 0.934. The van der Waals surface area contributed by atoms with Crippen LogP contribution in [0.15, 0.2) is 12.3 Å². The van der Waals surface area contributed by atoms with Gasteiger partial charge in [0.1, 0.15) is 5.69 Å². The monoisotopic (exact) mass is 280 g/mol. The van der Waals surface area contributed by atoms with Gasteiger partial charge >= 0.3 is 0 Å². The minimum atomic E-state index is -0.205. The fourth-order valence-corrected chi connectivity index (χ4v) is 1.83. The molecule has 0 unspecified atom stereocenters. The zero-order valence-electron chi connectivity index (χ0n) is 12.6. The van der Waals surface area contributed by atoms with E-state index in [1.165, 1.54) is 4.90 Å². The van der Waals surface area contributed by atoms with Crippen LogP contribution >= 0.6 is 0 Å². The molecule has 1 rings (SSSR count). The largest absolute Gasteiger partial charge is 0.397 e. The zero-order chi connectivity index (χ0) is 15.3. The topological polar surface area (TPSA) is 80.4 Å².